The van der Waals surface area contributed by atoms with Gasteiger partial charge in [-0.25, -0.2) is 0 Å². The number of hydrogen-bond acceptors (Lipinski definition) is 6. The summed E-state index contributed by atoms with van der Waals surface area (Å²) in [5, 5.41) is 18.2. The van der Waals surface area contributed by atoms with E-state index in [1.165, 1.54) is 11.1 Å². The van der Waals surface area contributed by atoms with Gasteiger partial charge in [-0.15, -0.1) is 0 Å². The molecule has 2 aromatic rings. The minimum Gasteiger partial charge on any atom is -0.491 e. The van der Waals surface area contributed by atoms with Crippen LogP contribution in [0.25, 0.3) is 0 Å². The summed E-state index contributed by atoms with van der Waals surface area (Å²) in [5.74, 6) is 1.79. The molecule has 0 aliphatic carbocycles. The highest BCUT2D eigenvalue weighted by Crippen LogP contribution is 2.30. The van der Waals surface area contributed by atoms with Crippen molar-refractivity contribution in [3.63, 3.8) is 0 Å². The zero-order valence-corrected chi connectivity index (χ0v) is 30.4. The first-order valence-electron chi connectivity index (χ1n) is 15.2. The van der Waals surface area contributed by atoms with Crippen LogP contribution in [0.3, 0.4) is 0 Å². The van der Waals surface area contributed by atoms with E-state index in [1.54, 1.807) is 0 Å². The second-order valence-electron chi connectivity index (χ2n) is 13.1. The van der Waals surface area contributed by atoms with Gasteiger partial charge in [-0.3, -0.25) is 0 Å². The largest absolute Gasteiger partial charge is 0.491 e. The lowest BCUT2D eigenvalue weighted by atomic mass is 10.0. The van der Waals surface area contributed by atoms with Gasteiger partial charge in [-0.1, -0.05) is 24.3 Å². The van der Waals surface area contributed by atoms with Gasteiger partial charge < -0.3 is 27.9 Å². The number of hydrogen-bond donors (Lipinski definition) is 2. The maximum atomic E-state index is 9.08. The Kier molecular flexibility index (Phi) is 13.8. The molecule has 0 saturated carbocycles. The van der Waals surface area contributed by atoms with Crippen LogP contribution in [0.5, 0.6) is 11.5 Å². The van der Waals surface area contributed by atoms with Gasteiger partial charge in [0.2, 0.25) is 0 Å². The van der Waals surface area contributed by atoms with Gasteiger partial charge in [-0.2, -0.15) is 0 Å². The molecule has 0 aromatic heterocycles. The van der Waals surface area contributed by atoms with Crippen LogP contribution in [0.2, 0.25) is 51.4 Å². The third kappa shape index (κ3) is 12.3. The number of ether oxygens (including phenoxy) is 2. The van der Waals surface area contributed by atoms with Crippen LogP contribution in [0, 0.1) is 27.7 Å². The predicted octanol–water partition coefficient (Wildman–Crippen LogP) is 7.37. The van der Waals surface area contributed by atoms with Gasteiger partial charge in [-0.05, 0) is 138 Å². The van der Waals surface area contributed by atoms with Crippen molar-refractivity contribution >= 4 is 25.2 Å². The van der Waals surface area contributed by atoms with Crippen LogP contribution in [-0.2, 0) is 21.1 Å². The van der Waals surface area contributed by atoms with E-state index in [0.717, 1.165) is 71.5 Å². The Morgan fingerprint density at radius 2 is 0.878 bits per heavy atom. The average molecular weight is 621 g/mol. The van der Waals surface area contributed by atoms with E-state index in [2.05, 4.69) is 91.2 Å². The van der Waals surface area contributed by atoms with Gasteiger partial charge >= 0.3 is 8.56 Å². The Balaban J connectivity index is 1.86. The number of benzene rings is 2. The van der Waals surface area contributed by atoms with E-state index >= 15 is 0 Å². The van der Waals surface area contributed by atoms with Crippen LogP contribution < -0.4 is 9.47 Å². The fraction of sp³-hybridized carbons (Fsp3) is 0.625. The van der Waals surface area contributed by atoms with E-state index in [9.17, 15) is 0 Å². The summed E-state index contributed by atoms with van der Waals surface area (Å²) in [6.45, 7) is 22.8. The molecule has 0 saturated heterocycles. The molecule has 232 valence electrons. The highest BCUT2D eigenvalue weighted by atomic mass is 28.5. The molecule has 0 fully saturated rings. The lowest BCUT2D eigenvalue weighted by Crippen LogP contribution is -2.52. The van der Waals surface area contributed by atoms with Crippen LogP contribution in [0.15, 0.2) is 24.3 Å². The fourth-order valence-corrected chi connectivity index (χ4v) is 20.1. The fourth-order valence-electron chi connectivity index (χ4n) is 6.01. The molecule has 2 rings (SSSR count). The third-order valence-corrected chi connectivity index (χ3v) is 18.7. The maximum absolute atomic E-state index is 9.08. The zero-order chi connectivity index (χ0) is 30.8. The van der Waals surface area contributed by atoms with Crippen LogP contribution in [-0.4, -0.2) is 61.8 Å². The minimum atomic E-state index is -2.26. The Hall–Kier alpha value is -1.47. The van der Waals surface area contributed by atoms with Crippen molar-refractivity contribution in [1.82, 2.24) is 0 Å². The maximum Gasteiger partial charge on any atom is 0.311 e. The van der Waals surface area contributed by atoms with Crippen molar-refractivity contribution < 1.29 is 27.9 Å². The summed E-state index contributed by atoms with van der Waals surface area (Å²) in [5.41, 5.74) is 7.18. The Labute approximate surface area is 252 Å². The minimum absolute atomic E-state index is 0.0285. The molecule has 0 spiro atoms. The molecule has 0 heterocycles. The summed E-state index contributed by atoms with van der Waals surface area (Å²) >= 11 is 0. The number of aliphatic hydroxyl groups is 2. The second kappa shape index (κ2) is 15.8. The van der Waals surface area contributed by atoms with E-state index < -0.39 is 25.2 Å². The molecule has 0 aliphatic heterocycles. The summed E-state index contributed by atoms with van der Waals surface area (Å²) < 4.78 is 25.2. The highest BCUT2D eigenvalue weighted by Gasteiger charge is 2.39. The molecule has 0 aliphatic rings. The Morgan fingerprint density at radius 3 is 1.17 bits per heavy atom. The summed E-state index contributed by atoms with van der Waals surface area (Å²) in [7, 11) is -6.02. The highest BCUT2D eigenvalue weighted by molar-refractivity contribution is 6.87. The second-order valence-corrected chi connectivity index (χ2v) is 25.6. The van der Waals surface area contributed by atoms with E-state index in [1.807, 2.05) is 0 Å². The van der Waals surface area contributed by atoms with Gasteiger partial charge in [0.1, 0.15) is 24.7 Å². The standard InChI is InChI=1S/C32H56O6Si3/c1-25-21-29(22-26(2)31(25)35-17-15-33)13-11-19-39(5,6)37-41(9,10)38-40(7,8)20-12-14-30-23-27(3)32(28(4)24-30)36-18-16-34/h21-24,33-34H,11-20H2,1-10H3. The smallest absolute Gasteiger partial charge is 0.311 e. The molecular formula is C32H56O6Si3. The third-order valence-electron chi connectivity index (χ3n) is 7.25. The van der Waals surface area contributed by atoms with Crippen LogP contribution in [0.4, 0.5) is 0 Å². The van der Waals surface area contributed by atoms with Crippen molar-refractivity contribution in [2.75, 3.05) is 26.4 Å². The number of aliphatic hydroxyl groups excluding tert-OH is 2. The van der Waals surface area contributed by atoms with Crippen LogP contribution >= 0.6 is 0 Å². The normalized spacial score (nSPS) is 12.6. The molecule has 0 bridgehead atoms. The zero-order valence-electron chi connectivity index (χ0n) is 27.4. The summed E-state index contributed by atoms with van der Waals surface area (Å²) in [6.07, 6.45) is 4.25. The van der Waals surface area contributed by atoms with Crippen molar-refractivity contribution in [2.45, 2.75) is 105 Å². The number of aryl methyl sites for hydroxylation is 6. The van der Waals surface area contributed by atoms with Crippen molar-refractivity contribution in [1.29, 1.82) is 0 Å². The predicted molar refractivity (Wildman–Crippen MR) is 178 cm³/mol. The first-order chi connectivity index (χ1) is 19.1. The van der Waals surface area contributed by atoms with E-state index in [-0.39, 0.29) is 13.2 Å². The molecule has 2 aromatic carbocycles. The molecule has 9 heteroatoms. The molecule has 0 radical (unpaired) electrons. The van der Waals surface area contributed by atoms with Crippen molar-refractivity contribution in [3.8, 4) is 11.5 Å². The average Bonchev–Trinajstić information content (AvgIpc) is 2.81. The van der Waals surface area contributed by atoms with Crippen molar-refractivity contribution in [2.24, 2.45) is 0 Å². The Bertz CT molecular complexity index is 985. The lowest BCUT2D eigenvalue weighted by molar-refractivity contribution is 0.200. The topological polar surface area (TPSA) is 77.4 Å². The monoisotopic (exact) mass is 620 g/mol. The van der Waals surface area contributed by atoms with Crippen LogP contribution in [0.1, 0.15) is 46.2 Å². The van der Waals surface area contributed by atoms with E-state index in [4.69, 9.17) is 27.9 Å². The molecule has 41 heavy (non-hydrogen) atoms. The van der Waals surface area contributed by atoms with Crippen molar-refractivity contribution in [3.05, 3.63) is 57.6 Å². The summed E-state index contributed by atoms with van der Waals surface area (Å²) in [4.78, 5) is 0. The quantitative estimate of drug-likeness (QED) is 0.170. The molecule has 6 nitrogen and oxygen atoms in total. The Morgan fingerprint density at radius 1 is 0.561 bits per heavy atom. The lowest BCUT2D eigenvalue weighted by Gasteiger charge is -2.39. The molecule has 0 atom stereocenters. The molecule has 0 amide bonds. The number of rotatable bonds is 18. The van der Waals surface area contributed by atoms with Gasteiger partial charge in [0, 0.05) is 0 Å². The SMILES string of the molecule is Cc1cc(CCC[Si](C)(C)O[Si](C)(C)O[Si](C)(C)CCCc2cc(C)c(OCCO)c(C)c2)cc(C)c1OCCO. The van der Waals surface area contributed by atoms with Gasteiger partial charge in [0.05, 0.1) is 13.2 Å². The molecule has 2 N–H and O–H groups in total. The summed E-state index contributed by atoms with van der Waals surface area (Å²) in [6, 6.07) is 11.1. The first kappa shape index (κ1) is 35.7. The van der Waals surface area contributed by atoms with E-state index in [0.29, 0.717) is 13.2 Å². The van der Waals surface area contributed by atoms with Gasteiger partial charge in [0.15, 0.2) is 16.6 Å². The molecular weight excluding hydrogens is 565 g/mol. The molecule has 0 unspecified atom stereocenters. The van der Waals surface area contributed by atoms with Gasteiger partial charge in [0.25, 0.3) is 0 Å². The first-order valence-corrected chi connectivity index (χ1v) is 24.2.